The average molecular weight is 285 g/mol. The summed E-state index contributed by atoms with van der Waals surface area (Å²) in [6, 6.07) is 10.1. The van der Waals surface area contributed by atoms with Crippen molar-refractivity contribution in [3.8, 4) is 0 Å². The number of thioether (sulfide) groups is 1. The molecule has 2 aromatic carbocycles. The molecule has 2 N–H and O–H groups in total. The Bertz CT molecular complexity index is 899. The Labute approximate surface area is 118 Å². The van der Waals surface area contributed by atoms with Crippen LogP contribution in [0.15, 0.2) is 50.5 Å². The molecule has 3 rings (SSSR count). The second-order valence-corrected chi connectivity index (χ2v) is 5.25. The third kappa shape index (κ3) is 1.96. The first kappa shape index (κ1) is 12.7. The minimum absolute atomic E-state index is 0.104. The maximum Gasteiger partial charge on any atom is 0.248 e. The number of fused-ring (bicyclic) bond motifs is 2. The number of hydrogen-bond donors (Lipinski definition) is 1. The number of hydrogen-bond acceptors (Lipinski definition) is 4. The van der Waals surface area contributed by atoms with E-state index in [9.17, 15) is 9.59 Å². The van der Waals surface area contributed by atoms with E-state index in [1.807, 2.05) is 18.4 Å². The number of benzene rings is 2. The van der Waals surface area contributed by atoms with Crippen LogP contribution in [0.4, 0.5) is 0 Å². The molecule has 3 aromatic rings. The molecule has 1 aromatic heterocycles. The summed E-state index contributed by atoms with van der Waals surface area (Å²) in [5, 5.41) is 0.983. The molecule has 100 valence electrons. The molecule has 20 heavy (non-hydrogen) atoms. The minimum Gasteiger partial charge on any atom is -0.456 e. The van der Waals surface area contributed by atoms with Crippen LogP contribution in [-0.4, -0.2) is 12.2 Å². The summed E-state index contributed by atoms with van der Waals surface area (Å²) in [5.74, 6) is -0.549. The van der Waals surface area contributed by atoms with Crippen molar-refractivity contribution in [1.29, 1.82) is 0 Å². The minimum atomic E-state index is -0.549. The molecule has 4 nitrogen and oxygen atoms in total. The molecule has 1 heterocycles. The van der Waals surface area contributed by atoms with Gasteiger partial charge in [0.2, 0.25) is 11.3 Å². The molecule has 0 radical (unpaired) electrons. The first-order valence-corrected chi connectivity index (χ1v) is 7.17. The van der Waals surface area contributed by atoms with E-state index in [4.69, 9.17) is 10.2 Å². The first-order valence-electron chi connectivity index (χ1n) is 5.94. The van der Waals surface area contributed by atoms with Gasteiger partial charge in [-0.1, -0.05) is 0 Å². The SMILES string of the molecule is CSc1ccc2oc3cc(C(N)=O)ccc3c(=O)c2c1. The number of nitrogens with two attached hydrogens (primary N) is 1. The van der Waals surface area contributed by atoms with Crippen molar-refractivity contribution in [1.82, 2.24) is 0 Å². The van der Waals surface area contributed by atoms with Gasteiger partial charge in [-0.05, 0) is 42.7 Å². The predicted octanol–water partition coefficient (Wildman–Crippen LogP) is 2.77. The van der Waals surface area contributed by atoms with Crippen molar-refractivity contribution in [2.24, 2.45) is 5.73 Å². The van der Waals surface area contributed by atoms with Crippen LogP contribution in [0.3, 0.4) is 0 Å². The van der Waals surface area contributed by atoms with Gasteiger partial charge in [0.1, 0.15) is 11.2 Å². The van der Waals surface area contributed by atoms with Crippen LogP contribution in [0.1, 0.15) is 10.4 Å². The van der Waals surface area contributed by atoms with E-state index >= 15 is 0 Å². The molecule has 0 atom stereocenters. The fourth-order valence-electron chi connectivity index (χ4n) is 2.11. The molecule has 1 amide bonds. The molecule has 0 aliphatic carbocycles. The second-order valence-electron chi connectivity index (χ2n) is 4.37. The van der Waals surface area contributed by atoms with Gasteiger partial charge in [0.25, 0.3) is 0 Å². The van der Waals surface area contributed by atoms with Gasteiger partial charge in [-0.2, -0.15) is 0 Å². The molecule has 0 fully saturated rings. The molecule has 0 saturated heterocycles. The summed E-state index contributed by atoms with van der Waals surface area (Å²) >= 11 is 1.56. The Hall–Kier alpha value is -2.27. The fraction of sp³-hybridized carbons (Fsp3) is 0.0667. The van der Waals surface area contributed by atoms with Crippen LogP contribution < -0.4 is 11.2 Å². The number of carbonyl (C=O) groups is 1. The zero-order valence-electron chi connectivity index (χ0n) is 10.7. The van der Waals surface area contributed by atoms with E-state index in [0.717, 1.165) is 4.90 Å². The van der Waals surface area contributed by atoms with Gasteiger partial charge >= 0.3 is 0 Å². The fourth-order valence-corrected chi connectivity index (χ4v) is 2.55. The quantitative estimate of drug-likeness (QED) is 0.580. The van der Waals surface area contributed by atoms with Crippen molar-refractivity contribution in [3.05, 3.63) is 52.2 Å². The molecular formula is C15H11NO3S. The summed E-state index contributed by atoms with van der Waals surface area (Å²) in [6.07, 6.45) is 1.95. The third-order valence-electron chi connectivity index (χ3n) is 3.16. The highest BCUT2D eigenvalue weighted by Gasteiger charge is 2.10. The molecule has 5 heteroatoms. The first-order chi connectivity index (χ1) is 9.60. The molecule has 0 unspecified atom stereocenters. The Morgan fingerprint density at radius 3 is 2.60 bits per heavy atom. The smallest absolute Gasteiger partial charge is 0.248 e. The van der Waals surface area contributed by atoms with Crippen LogP contribution in [0.25, 0.3) is 21.9 Å². The Morgan fingerprint density at radius 1 is 1.10 bits per heavy atom. The van der Waals surface area contributed by atoms with Crippen LogP contribution in [0, 0.1) is 0 Å². The van der Waals surface area contributed by atoms with Crippen molar-refractivity contribution in [2.75, 3.05) is 6.26 Å². The summed E-state index contributed by atoms with van der Waals surface area (Å²) in [4.78, 5) is 24.6. The number of carbonyl (C=O) groups excluding carboxylic acids is 1. The zero-order valence-corrected chi connectivity index (χ0v) is 11.5. The number of amides is 1. The molecular weight excluding hydrogens is 274 g/mol. The highest BCUT2D eigenvalue weighted by atomic mass is 32.2. The Morgan fingerprint density at radius 2 is 1.90 bits per heavy atom. The topological polar surface area (TPSA) is 73.3 Å². The number of primary amides is 1. The van der Waals surface area contributed by atoms with Crippen molar-refractivity contribution < 1.29 is 9.21 Å². The van der Waals surface area contributed by atoms with E-state index in [-0.39, 0.29) is 5.43 Å². The van der Waals surface area contributed by atoms with Gasteiger partial charge < -0.3 is 10.2 Å². The Balaban J connectivity index is 2.40. The van der Waals surface area contributed by atoms with E-state index in [2.05, 4.69) is 0 Å². The number of rotatable bonds is 2. The van der Waals surface area contributed by atoms with Crippen LogP contribution in [0.5, 0.6) is 0 Å². The van der Waals surface area contributed by atoms with Gasteiger partial charge in [-0.25, -0.2) is 0 Å². The highest BCUT2D eigenvalue weighted by Crippen LogP contribution is 2.23. The lowest BCUT2D eigenvalue weighted by atomic mass is 10.1. The molecule has 0 aliphatic rings. The van der Waals surface area contributed by atoms with Gasteiger partial charge in [0.15, 0.2) is 0 Å². The largest absolute Gasteiger partial charge is 0.456 e. The highest BCUT2D eigenvalue weighted by molar-refractivity contribution is 7.98. The maximum absolute atomic E-state index is 12.5. The van der Waals surface area contributed by atoms with Gasteiger partial charge in [-0.15, -0.1) is 11.8 Å². The normalized spacial score (nSPS) is 11.1. The predicted molar refractivity (Wildman–Crippen MR) is 80.3 cm³/mol. The van der Waals surface area contributed by atoms with Crippen molar-refractivity contribution >= 4 is 39.6 Å². The molecule has 0 saturated carbocycles. The second kappa shape index (κ2) is 4.68. The Kier molecular flexibility index (Phi) is 2.99. The van der Waals surface area contributed by atoms with E-state index < -0.39 is 5.91 Å². The average Bonchev–Trinajstić information content (AvgIpc) is 2.46. The van der Waals surface area contributed by atoms with Gasteiger partial charge in [-0.3, -0.25) is 9.59 Å². The summed E-state index contributed by atoms with van der Waals surface area (Å²) < 4.78 is 5.70. The lowest BCUT2D eigenvalue weighted by Crippen LogP contribution is -2.11. The van der Waals surface area contributed by atoms with E-state index in [1.165, 1.54) is 12.1 Å². The van der Waals surface area contributed by atoms with Crippen LogP contribution in [0.2, 0.25) is 0 Å². The monoisotopic (exact) mass is 285 g/mol. The van der Waals surface area contributed by atoms with Crippen molar-refractivity contribution in [3.63, 3.8) is 0 Å². The molecule has 0 aliphatic heterocycles. The zero-order chi connectivity index (χ0) is 14.3. The standard InChI is InChI=1S/C15H11NO3S/c1-20-9-3-5-12-11(7-9)14(17)10-4-2-8(15(16)18)6-13(10)19-12/h2-7H,1H3,(H2,16,18). The lowest BCUT2D eigenvalue weighted by molar-refractivity contribution is 0.100. The summed E-state index contributed by atoms with van der Waals surface area (Å²) in [6.45, 7) is 0. The summed E-state index contributed by atoms with van der Waals surface area (Å²) in [5.41, 5.74) is 6.32. The third-order valence-corrected chi connectivity index (χ3v) is 3.89. The van der Waals surface area contributed by atoms with Crippen molar-refractivity contribution in [2.45, 2.75) is 4.90 Å². The van der Waals surface area contributed by atoms with Crippen LogP contribution >= 0.6 is 11.8 Å². The van der Waals surface area contributed by atoms with E-state index in [1.54, 1.807) is 23.9 Å². The van der Waals surface area contributed by atoms with Crippen LogP contribution in [-0.2, 0) is 0 Å². The van der Waals surface area contributed by atoms with Gasteiger partial charge in [0.05, 0.1) is 10.8 Å². The maximum atomic E-state index is 12.5. The summed E-state index contributed by atoms with van der Waals surface area (Å²) in [7, 11) is 0. The molecule has 0 bridgehead atoms. The van der Waals surface area contributed by atoms with E-state index in [0.29, 0.717) is 27.5 Å². The van der Waals surface area contributed by atoms with Gasteiger partial charge in [0, 0.05) is 10.5 Å². The molecule has 0 spiro atoms. The lowest BCUT2D eigenvalue weighted by Gasteiger charge is -2.04.